The minimum atomic E-state index is -0.502. The van der Waals surface area contributed by atoms with Crippen LogP contribution in [0.1, 0.15) is 16.8 Å². The molecule has 3 rings (SSSR count). The summed E-state index contributed by atoms with van der Waals surface area (Å²) < 4.78 is 0.860. The fourth-order valence-electron chi connectivity index (χ4n) is 2.63. The Hall–Kier alpha value is -2.67. The normalized spacial score (nSPS) is 16.6. The standard InChI is InChI=1S/C18H16BrN3O3/c19-14-8-6-12(7-9-14)17(24)20-21-18(25)13-10-16(23)22(11-13)15-4-2-1-3-5-15/h1-9,13H,10-11H2,(H,20,24)(H,21,25)/t13-/m1/s1. The summed E-state index contributed by atoms with van der Waals surface area (Å²) in [5, 5.41) is 0. The summed E-state index contributed by atoms with van der Waals surface area (Å²) in [6, 6.07) is 16.0. The number of nitrogens with one attached hydrogen (secondary N) is 2. The Morgan fingerprint density at radius 1 is 1.00 bits per heavy atom. The van der Waals surface area contributed by atoms with Gasteiger partial charge in [-0.05, 0) is 36.4 Å². The number of nitrogens with zero attached hydrogens (tertiary/aromatic N) is 1. The van der Waals surface area contributed by atoms with Crippen molar-refractivity contribution in [3.63, 3.8) is 0 Å². The van der Waals surface area contributed by atoms with Gasteiger partial charge in [0, 0.05) is 28.7 Å². The minimum absolute atomic E-state index is 0.106. The van der Waals surface area contributed by atoms with Gasteiger partial charge in [0.15, 0.2) is 0 Å². The first-order chi connectivity index (χ1) is 12.0. The Bertz CT molecular complexity index is 793. The largest absolute Gasteiger partial charge is 0.312 e. The lowest BCUT2D eigenvalue weighted by Crippen LogP contribution is -2.45. The van der Waals surface area contributed by atoms with Gasteiger partial charge in [-0.1, -0.05) is 34.1 Å². The number of hydrogen-bond acceptors (Lipinski definition) is 3. The molecule has 2 aromatic rings. The van der Waals surface area contributed by atoms with E-state index in [1.807, 2.05) is 30.3 Å². The van der Waals surface area contributed by atoms with Crippen molar-refractivity contribution in [1.82, 2.24) is 10.9 Å². The highest BCUT2D eigenvalue weighted by molar-refractivity contribution is 9.10. The van der Waals surface area contributed by atoms with Crippen molar-refractivity contribution < 1.29 is 14.4 Å². The first kappa shape index (κ1) is 17.2. The van der Waals surface area contributed by atoms with Crippen LogP contribution in [0.5, 0.6) is 0 Å². The van der Waals surface area contributed by atoms with Crippen LogP contribution in [0, 0.1) is 5.92 Å². The summed E-state index contributed by atoms with van der Waals surface area (Å²) in [5.41, 5.74) is 5.98. The van der Waals surface area contributed by atoms with E-state index in [0.29, 0.717) is 12.1 Å². The average molecular weight is 402 g/mol. The zero-order valence-electron chi connectivity index (χ0n) is 13.2. The maximum Gasteiger partial charge on any atom is 0.269 e. The molecule has 0 radical (unpaired) electrons. The molecule has 1 atom stereocenters. The van der Waals surface area contributed by atoms with Gasteiger partial charge in [0.1, 0.15) is 0 Å². The lowest BCUT2D eigenvalue weighted by Gasteiger charge is -2.16. The van der Waals surface area contributed by atoms with Crippen molar-refractivity contribution >= 4 is 39.3 Å². The third kappa shape index (κ3) is 4.06. The molecule has 0 bridgehead atoms. The molecule has 25 heavy (non-hydrogen) atoms. The van der Waals surface area contributed by atoms with E-state index in [0.717, 1.165) is 10.2 Å². The van der Waals surface area contributed by atoms with Gasteiger partial charge in [0.25, 0.3) is 5.91 Å². The molecule has 2 aromatic carbocycles. The number of halogens is 1. The third-order valence-electron chi connectivity index (χ3n) is 3.97. The highest BCUT2D eigenvalue weighted by atomic mass is 79.9. The first-order valence-electron chi connectivity index (χ1n) is 7.76. The molecule has 0 spiro atoms. The van der Waals surface area contributed by atoms with Gasteiger partial charge in [-0.25, -0.2) is 0 Å². The number of para-hydroxylation sites is 1. The molecule has 1 fully saturated rings. The lowest BCUT2D eigenvalue weighted by atomic mass is 10.1. The van der Waals surface area contributed by atoms with Gasteiger partial charge in [0.05, 0.1) is 5.92 Å². The quantitative estimate of drug-likeness (QED) is 0.774. The van der Waals surface area contributed by atoms with Crippen LogP contribution in [-0.4, -0.2) is 24.3 Å². The summed E-state index contributed by atoms with van der Waals surface area (Å²) in [6.07, 6.45) is 0.120. The fraction of sp³-hybridized carbons (Fsp3) is 0.167. The zero-order valence-corrected chi connectivity index (χ0v) is 14.8. The monoisotopic (exact) mass is 401 g/mol. The van der Waals surface area contributed by atoms with Gasteiger partial charge in [0.2, 0.25) is 11.8 Å². The van der Waals surface area contributed by atoms with Crippen LogP contribution in [0.2, 0.25) is 0 Å². The minimum Gasteiger partial charge on any atom is -0.312 e. The predicted molar refractivity (Wildman–Crippen MR) is 96.7 cm³/mol. The highest BCUT2D eigenvalue weighted by Crippen LogP contribution is 2.24. The van der Waals surface area contributed by atoms with E-state index in [4.69, 9.17) is 0 Å². The predicted octanol–water partition coefficient (Wildman–Crippen LogP) is 2.26. The maximum absolute atomic E-state index is 12.2. The van der Waals surface area contributed by atoms with Crippen molar-refractivity contribution in [2.45, 2.75) is 6.42 Å². The molecule has 0 aromatic heterocycles. The van der Waals surface area contributed by atoms with Crippen LogP contribution in [0.3, 0.4) is 0 Å². The van der Waals surface area contributed by atoms with Crippen LogP contribution < -0.4 is 15.8 Å². The number of benzene rings is 2. The van der Waals surface area contributed by atoms with Crippen molar-refractivity contribution in [3.8, 4) is 0 Å². The zero-order chi connectivity index (χ0) is 17.8. The van der Waals surface area contributed by atoms with Gasteiger partial charge in [-0.15, -0.1) is 0 Å². The molecule has 1 aliphatic rings. The number of hydrazine groups is 1. The van der Waals surface area contributed by atoms with Crippen LogP contribution in [-0.2, 0) is 9.59 Å². The van der Waals surface area contributed by atoms with Crippen LogP contribution in [0.15, 0.2) is 59.1 Å². The molecular formula is C18H16BrN3O3. The second-order valence-corrected chi connectivity index (χ2v) is 6.61. The van der Waals surface area contributed by atoms with Crippen molar-refractivity contribution in [2.75, 3.05) is 11.4 Å². The smallest absolute Gasteiger partial charge is 0.269 e. The Morgan fingerprint density at radius 3 is 2.36 bits per heavy atom. The summed E-state index contributed by atoms with van der Waals surface area (Å²) in [5.74, 6) is -1.40. The second-order valence-electron chi connectivity index (χ2n) is 5.69. The maximum atomic E-state index is 12.2. The molecule has 3 amide bonds. The molecule has 7 heteroatoms. The Balaban J connectivity index is 1.56. The molecule has 0 aliphatic carbocycles. The van der Waals surface area contributed by atoms with E-state index in [1.165, 1.54) is 0 Å². The van der Waals surface area contributed by atoms with Gasteiger partial charge in [-0.3, -0.25) is 25.2 Å². The molecule has 0 unspecified atom stereocenters. The number of amides is 3. The van der Waals surface area contributed by atoms with E-state index in [-0.39, 0.29) is 18.2 Å². The highest BCUT2D eigenvalue weighted by Gasteiger charge is 2.35. The van der Waals surface area contributed by atoms with Gasteiger partial charge in [-0.2, -0.15) is 0 Å². The van der Waals surface area contributed by atoms with Crippen molar-refractivity contribution in [2.24, 2.45) is 5.92 Å². The first-order valence-corrected chi connectivity index (χ1v) is 8.55. The van der Waals surface area contributed by atoms with E-state index in [9.17, 15) is 14.4 Å². The van der Waals surface area contributed by atoms with Crippen LogP contribution in [0.25, 0.3) is 0 Å². The van der Waals surface area contributed by atoms with E-state index < -0.39 is 11.8 Å². The Kier molecular flexibility index (Phi) is 5.14. The molecule has 128 valence electrons. The fourth-order valence-corrected chi connectivity index (χ4v) is 2.90. The van der Waals surface area contributed by atoms with Crippen molar-refractivity contribution in [3.05, 3.63) is 64.6 Å². The molecule has 1 heterocycles. The number of carbonyl (C=O) groups excluding carboxylic acids is 3. The van der Waals surface area contributed by atoms with Crippen molar-refractivity contribution in [1.29, 1.82) is 0 Å². The van der Waals surface area contributed by atoms with E-state index in [2.05, 4.69) is 26.8 Å². The van der Waals surface area contributed by atoms with Crippen LogP contribution in [0.4, 0.5) is 5.69 Å². The van der Waals surface area contributed by atoms with E-state index in [1.54, 1.807) is 29.2 Å². The van der Waals surface area contributed by atoms with Crippen LogP contribution >= 0.6 is 15.9 Å². The second kappa shape index (κ2) is 7.48. The molecule has 6 nitrogen and oxygen atoms in total. The number of rotatable bonds is 3. The molecular weight excluding hydrogens is 386 g/mol. The summed E-state index contributed by atoms with van der Waals surface area (Å²) in [7, 11) is 0. The topological polar surface area (TPSA) is 78.5 Å². The van der Waals surface area contributed by atoms with E-state index >= 15 is 0 Å². The molecule has 0 saturated carbocycles. The third-order valence-corrected chi connectivity index (χ3v) is 4.50. The van der Waals surface area contributed by atoms with Gasteiger partial charge < -0.3 is 4.90 Å². The van der Waals surface area contributed by atoms with Gasteiger partial charge >= 0.3 is 0 Å². The molecule has 1 saturated heterocycles. The number of hydrogen-bond donors (Lipinski definition) is 2. The summed E-state index contributed by atoms with van der Waals surface area (Å²) >= 11 is 3.29. The lowest BCUT2D eigenvalue weighted by molar-refractivity contribution is -0.126. The Labute approximate surface area is 153 Å². The summed E-state index contributed by atoms with van der Waals surface area (Å²) in [4.78, 5) is 38.0. The number of carbonyl (C=O) groups is 3. The summed E-state index contributed by atoms with van der Waals surface area (Å²) in [6.45, 7) is 0.294. The Morgan fingerprint density at radius 2 is 1.68 bits per heavy atom. The SMILES string of the molecule is O=C(NNC(=O)[C@@H]1CC(=O)N(c2ccccc2)C1)c1ccc(Br)cc1. The average Bonchev–Trinajstić information content (AvgIpc) is 3.02. The molecule has 2 N–H and O–H groups in total. The molecule has 1 aliphatic heterocycles. The number of anilines is 1.